The summed E-state index contributed by atoms with van der Waals surface area (Å²) in [4.78, 5) is 42.9. The molecule has 2 N–H and O–H groups in total. The summed E-state index contributed by atoms with van der Waals surface area (Å²) in [6, 6.07) is 11.4. The van der Waals surface area contributed by atoms with Gasteiger partial charge in [-0.3, -0.25) is 14.4 Å². The number of nitrogens with one attached hydrogen (secondary N) is 2. The number of piperidine rings is 1. The Kier molecular flexibility index (Phi) is 5.98. The van der Waals surface area contributed by atoms with Gasteiger partial charge in [0, 0.05) is 36.1 Å². The molecule has 1 fully saturated rings. The van der Waals surface area contributed by atoms with Gasteiger partial charge < -0.3 is 15.2 Å². The van der Waals surface area contributed by atoms with Crippen LogP contribution in [0.1, 0.15) is 53.8 Å². The number of hydrogen-bond acceptors (Lipinski definition) is 4. The van der Waals surface area contributed by atoms with Crippen LogP contribution in [-0.4, -0.2) is 50.6 Å². The lowest BCUT2D eigenvalue weighted by Crippen LogP contribution is -2.47. The van der Waals surface area contributed by atoms with Crippen molar-refractivity contribution in [3.63, 3.8) is 0 Å². The van der Waals surface area contributed by atoms with Crippen LogP contribution < -0.4 is 10.9 Å². The summed E-state index contributed by atoms with van der Waals surface area (Å²) in [7, 11) is 0. The first-order valence-corrected chi connectivity index (χ1v) is 11.8. The van der Waals surface area contributed by atoms with Gasteiger partial charge in [-0.2, -0.15) is 5.10 Å². The quantitative estimate of drug-likeness (QED) is 0.600. The Hall–Kier alpha value is -3.42. The number of hydrogen-bond donors (Lipinski definition) is 2. The number of nitrogens with zero attached hydrogens (tertiary/aromatic N) is 3. The Labute approximate surface area is 192 Å². The van der Waals surface area contributed by atoms with Gasteiger partial charge in [-0.05, 0) is 56.2 Å². The molecule has 2 aromatic heterocycles. The number of carbonyl (C=O) groups excluding carboxylic acids is 2. The smallest absolute Gasteiger partial charge is 0.270 e. The van der Waals surface area contributed by atoms with Gasteiger partial charge in [-0.25, -0.2) is 4.68 Å². The van der Waals surface area contributed by atoms with Gasteiger partial charge in [-0.1, -0.05) is 24.6 Å². The monoisotopic (exact) mass is 447 g/mol. The largest absolute Gasteiger partial charge is 0.352 e. The van der Waals surface area contributed by atoms with Crippen LogP contribution in [0.4, 0.5) is 0 Å². The van der Waals surface area contributed by atoms with Crippen molar-refractivity contribution in [2.75, 3.05) is 13.1 Å². The van der Waals surface area contributed by atoms with Gasteiger partial charge in [0.25, 0.3) is 11.5 Å². The standard InChI is InChI=1S/C25H29N5O3/c31-23(16-30-24(32)15-18-6-2-1-3-9-21(18)28-30)26-19-10-12-29(13-11-19)25(33)22-14-17-7-4-5-8-20(17)27-22/h4-5,7-8,14-15,19,27H,1-3,6,9-13,16H2,(H,26,31). The van der Waals surface area contributed by atoms with Crippen LogP contribution in [0.3, 0.4) is 0 Å². The second-order valence-corrected chi connectivity index (χ2v) is 9.08. The van der Waals surface area contributed by atoms with E-state index in [1.54, 1.807) is 6.07 Å². The minimum atomic E-state index is -0.218. The van der Waals surface area contributed by atoms with Crippen LogP contribution in [0.15, 0.2) is 41.2 Å². The normalized spacial score (nSPS) is 16.9. The molecule has 2 amide bonds. The van der Waals surface area contributed by atoms with Gasteiger partial charge >= 0.3 is 0 Å². The topological polar surface area (TPSA) is 100 Å². The Morgan fingerprint density at radius 1 is 1.06 bits per heavy atom. The van der Waals surface area contributed by atoms with E-state index in [-0.39, 0.29) is 30.0 Å². The molecule has 0 unspecified atom stereocenters. The second kappa shape index (κ2) is 9.21. The third-order valence-corrected chi connectivity index (χ3v) is 6.72. The van der Waals surface area contributed by atoms with Crippen LogP contribution in [0.5, 0.6) is 0 Å². The molecule has 1 aliphatic carbocycles. The highest BCUT2D eigenvalue weighted by Gasteiger charge is 2.26. The average Bonchev–Trinajstić information content (AvgIpc) is 3.13. The summed E-state index contributed by atoms with van der Waals surface area (Å²) in [5.74, 6) is -0.227. The first kappa shape index (κ1) is 21.4. The van der Waals surface area contributed by atoms with Gasteiger partial charge in [-0.15, -0.1) is 0 Å². The zero-order valence-electron chi connectivity index (χ0n) is 18.7. The molecule has 3 heterocycles. The van der Waals surface area contributed by atoms with E-state index < -0.39 is 0 Å². The number of benzene rings is 1. The van der Waals surface area contributed by atoms with E-state index in [2.05, 4.69) is 15.4 Å². The number of carbonyl (C=O) groups is 2. The van der Waals surface area contributed by atoms with Crippen molar-refractivity contribution in [3.05, 3.63) is 63.7 Å². The number of aromatic nitrogens is 3. The molecule has 1 saturated heterocycles. The van der Waals surface area contributed by atoms with Gasteiger partial charge in [0.1, 0.15) is 12.2 Å². The lowest BCUT2D eigenvalue weighted by atomic mass is 10.0. The van der Waals surface area contributed by atoms with E-state index in [4.69, 9.17) is 0 Å². The minimum Gasteiger partial charge on any atom is -0.352 e. The SMILES string of the molecule is O=C(Cn1nc2c(cc1=O)CCCCC2)NC1CCN(C(=O)c2cc3ccccc3[nH]2)CC1. The molecule has 0 radical (unpaired) electrons. The zero-order chi connectivity index (χ0) is 22.8. The van der Waals surface area contributed by atoms with Crippen molar-refractivity contribution in [2.45, 2.75) is 57.5 Å². The van der Waals surface area contributed by atoms with Crippen molar-refractivity contribution in [3.8, 4) is 0 Å². The van der Waals surface area contributed by atoms with Gasteiger partial charge in [0.2, 0.25) is 5.91 Å². The molecular weight excluding hydrogens is 418 g/mol. The van der Waals surface area contributed by atoms with E-state index in [0.29, 0.717) is 31.6 Å². The van der Waals surface area contributed by atoms with Crippen molar-refractivity contribution in [1.29, 1.82) is 0 Å². The third kappa shape index (κ3) is 4.69. The third-order valence-electron chi connectivity index (χ3n) is 6.72. The van der Waals surface area contributed by atoms with Crippen molar-refractivity contribution in [2.24, 2.45) is 0 Å². The number of likely N-dealkylation sites (tertiary alicyclic amines) is 1. The highest BCUT2D eigenvalue weighted by atomic mass is 16.2. The van der Waals surface area contributed by atoms with E-state index in [9.17, 15) is 14.4 Å². The van der Waals surface area contributed by atoms with Crippen molar-refractivity contribution in [1.82, 2.24) is 25.0 Å². The Morgan fingerprint density at radius 2 is 1.85 bits per heavy atom. The Balaban J connectivity index is 1.16. The molecule has 8 nitrogen and oxygen atoms in total. The highest BCUT2D eigenvalue weighted by Crippen LogP contribution is 2.19. The molecular formula is C25H29N5O3. The fraction of sp³-hybridized carbons (Fsp3) is 0.440. The summed E-state index contributed by atoms with van der Waals surface area (Å²) < 4.78 is 1.29. The van der Waals surface area contributed by atoms with Crippen LogP contribution in [0.25, 0.3) is 10.9 Å². The number of para-hydroxylation sites is 1. The summed E-state index contributed by atoms with van der Waals surface area (Å²) >= 11 is 0. The molecule has 1 aliphatic heterocycles. The zero-order valence-corrected chi connectivity index (χ0v) is 18.7. The molecule has 0 atom stereocenters. The maximum absolute atomic E-state index is 12.9. The van der Waals surface area contributed by atoms with E-state index in [1.165, 1.54) is 4.68 Å². The number of rotatable bonds is 4. The van der Waals surface area contributed by atoms with Crippen LogP contribution in [0, 0.1) is 0 Å². The maximum atomic E-state index is 12.9. The van der Waals surface area contributed by atoms with Crippen molar-refractivity contribution < 1.29 is 9.59 Å². The predicted octanol–water partition coefficient (Wildman–Crippen LogP) is 2.41. The summed E-state index contributed by atoms with van der Waals surface area (Å²) in [5.41, 5.74) is 3.30. The van der Waals surface area contributed by atoms with Crippen LogP contribution in [0.2, 0.25) is 0 Å². The second-order valence-electron chi connectivity index (χ2n) is 9.08. The molecule has 172 valence electrons. The summed E-state index contributed by atoms with van der Waals surface area (Å²) in [6.07, 6.45) is 6.42. The number of H-pyrrole nitrogens is 1. The lowest BCUT2D eigenvalue weighted by Gasteiger charge is -2.32. The molecule has 33 heavy (non-hydrogen) atoms. The molecule has 0 bridgehead atoms. The average molecular weight is 448 g/mol. The number of aromatic amines is 1. The Morgan fingerprint density at radius 3 is 2.67 bits per heavy atom. The van der Waals surface area contributed by atoms with Crippen LogP contribution in [-0.2, 0) is 24.2 Å². The highest BCUT2D eigenvalue weighted by molar-refractivity contribution is 5.98. The number of aryl methyl sites for hydroxylation is 2. The summed E-state index contributed by atoms with van der Waals surface area (Å²) in [5, 5.41) is 8.52. The number of amides is 2. The predicted molar refractivity (Wildman–Crippen MR) is 125 cm³/mol. The number of fused-ring (bicyclic) bond motifs is 2. The van der Waals surface area contributed by atoms with E-state index in [1.807, 2.05) is 35.2 Å². The Bertz CT molecular complexity index is 1200. The fourth-order valence-electron chi connectivity index (χ4n) is 4.89. The molecule has 8 heteroatoms. The van der Waals surface area contributed by atoms with E-state index >= 15 is 0 Å². The van der Waals surface area contributed by atoms with E-state index in [0.717, 1.165) is 54.3 Å². The fourth-order valence-corrected chi connectivity index (χ4v) is 4.89. The lowest BCUT2D eigenvalue weighted by molar-refractivity contribution is -0.122. The maximum Gasteiger partial charge on any atom is 0.270 e. The van der Waals surface area contributed by atoms with Gasteiger partial charge in [0.15, 0.2) is 0 Å². The first-order chi connectivity index (χ1) is 16.1. The molecule has 2 aliphatic rings. The minimum absolute atomic E-state index is 0.0132. The van der Waals surface area contributed by atoms with Gasteiger partial charge in [0.05, 0.1) is 5.69 Å². The first-order valence-electron chi connectivity index (χ1n) is 11.8. The molecule has 3 aromatic rings. The van der Waals surface area contributed by atoms with Crippen LogP contribution >= 0.6 is 0 Å². The summed E-state index contributed by atoms with van der Waals surface area (Å²) in [6.45, 7) is 1.09. The molecule has 0 spiro atoms. The molecule has 1 aromatic carbocycles. The van der Waals surface area contributed by atoms with Crippen molar-refractivity contribution >= 4 is 22.7 Å². The molecule has 0 saturated carbocycles. The molecule has 5 rings (SSSR count).